The Morgan fingerprint density at radius 3 is 2.60 bits per heavy atom. The van der Waals surface area contributed by atoms with Crippen molar-refractivity contribution in [1.29, 1.82) is 0 Å². The smallest absolute Gasteiger partial charge is 0.0410 e. The van der Waals surface area contributed by atoms with Crippen LogP contribution in [0.3, 0.4) is 0 Å². The molecule has 1 aromatic rings. The van der Waals surface area contributed by atoms with Gasteiger partial charge in [-0.2, -0.15) is 0 Å². The molecular weight excluding hydrogens is 208 g/mol. The van der Waals surface area contributed by atoms with E-state index in [1.807, 2.05) is 18.2 Å². The Morgan fingerprint density at radius 2 is 1.93 bits per heavy atom. The Balaban J connectivity index is 2.23. The normalized spacial score (nSPS) is 19.3. The van der Waals surface area contributed by atoms with Gasteiger partial charge in [-0.25, -0.2) is 0 Å². The molecule has 0 spiro atoms. The number of nitrogens with two attached hydrogens (primary N) is 2. The summed E-state index contributed by atoms with van der Waals surface area (Å²) in [6.07, 6.45) is 5.01. The van der Waals surface area contributed by atoms with Crippen LogP contribution in [-0.2, 0) is 0 Å². The van der Waals surface area contributed by atoms with E-state index in [0.717, 1.165) is 11.3 Å². The summed E-state index contributed by atoms with van der Waals surface area (Å²) in [5.74, 6) is 0.575. The van der Waals surface area contributed by atoms with Gasteiger partial charge in [-0.15, -0.1) is 0 Å². The fourth-order valence-electron chi connectivity index (χ4n) is 2.40. The van der Waals surface area contributed by atoms with Crippen LogP contribution in [0, 0.1) is 5.92 Å². The highest BCUT2D eigenvalue weighted by Gasteiger charge is 2.24. The minimum Gasteiger partial charge on any atom is -0.398 e. The summed E-state index contributed by atoms with van der Waals surface area (Å²) in [5, 5.41) is 0.715. The average molecular weight is 225 g/mol. The van der Waals surface area contributed by atoms with Crippen LogP contribution >= 0.6 is 11.6 Å². The maximum atomic E-state index is 6.23. The average Bonchev–Trinajstić information content (AvgIpc) is 2.74. The zero-order valence-corrected chi connectivity index (χ0v) is 9.50. The van der Waals surface area contributed by atoms with Crippen molar-refractivity contribution in [3.05, 3.63) is 28.8 Å². The van der Waals surface area contributed by atoms with Gasteiger partial charge in [0.05, 0.1) is 0 Å². The molecule has 2 nitrogen and oxygen atoms in total. The van der Waals surface area contributed by atoms with Crippen LogP contribution in [0.25, 0.3) is 0 Å². The van der Waals surface area contributed by atoms with Gasteiger partial charge in [-0.1, -0.05) is 24.4 Å². The van der Waals surface area contributed by atoms with Crippen molar-refractivity contribution in [3.63, 3.8) is 0 Å². The van der Waals surface area contributed by atoms with Gasteiger partial charge < -0.3 is 11.5 Å². The Kier molecular flexibility index (Phi) is 3.17. The van der Waals surface area contributed by atoms with E-state index in [1.165, 1.54) is 25.7 Å². The fourth-order valence-corrected chi connectivity index (χ4v) is 2.59. The lowest BCUT2D eigenvalue weighted by atomic mass is 9.91. The molecule has 0 aliphatic heterocycles. The molecule has 1 aliphatic carbocycles. The second kappa shape index (κ2) is 4.42. The molecule has 3 heteroatoms. The first-order chi connectivity index (χ1) is 7.18. The van der Waals surface area contributed by atoms with Crippen LogP contribution in [-0.4, -0.2) is 0 Å². The first-order valence-corrected chi connectivity index (χ1v) is 5.87. The molecule has 15 heavy (non-hydrogen) atoms. The first kappa shape index (κ1) is 10.8. The molecule has 2 rings (SSSR count). The van der Waals surface area contributed by atoms with Crippen molar-refractivity contribution in [3.8, 4) is 0 Å². The lowest BCUT2D eigenvalue weighted by Gasteiger charge is -2.20. The number of benzene rings is 1. The summed E-state index contributed by atoms with van der Waals surface area (Å²) >= 11 is 5.96. The van der Waals surface area contributed by atoms with E-state index in [0.29, 0.717) is 10.9 Å². The summed E-state index contributed by atoms with van der Waals surface area (Å²) in [6, 6.07) is 5.60. The van der Waals surface area contributed by atoms with E-state index < -0.39 is 0 Å². The number of anilines is 1. The summed E-state index contributed by atoms with van der Waals surface area (Å²) in [7, 11) is 0. The van der Waals surface area contributed by atoms with E-state index in [1.54, 1.807) is 0 Å². The van der Waals surface area contributed by atoms with E-state index in [4.69, 9.17) is 23.1 Å². The van der Waals surface area contributed by atoms with Crippen LogP contribution in [0.2, 0.25) is 5.02 Å². The van der Waals surface area contributed by atoms with Crippen LogP contribution in [0.15, 0.2) is 18.2 Å². The van der Waals surface area contributed by atoms with Gasteiger partial charge in [0.1, 0.15) is 0 Å². The highest BCUT2D eigenvalue weighted by atomic mass is 35.5. The fraction of sp³-hybridized carbons (Fsp3) is 0.500. The van der Waals surface area contributed by atoms with Gasteiger partial charge in [0.25, 0.3) is 0 Å². The lowest BCUT2D eigenvalue weighted by Crippen LogP contribution is -2.20. The van der Waals surface area contributed by atoms with Gasteiger partial charge in [-0.3, -0.25) is 0 Å². The van der Waals surface area contributed by atoms with Crippen LogP contribution in [0.1, 0.15) is 37.3 Å². The SMILES string of the molecule is Nc1ccc(Cl)cc1[C@H](N)C1CCCC1. The topological polar surface area (TPSA) is 52.0 Å². The van der Waals surface area contributed by atoms with Gasteiger partial charge in [0.15, 0.2) is 0 Å². The summed E-state index contributed by atoms with van der Waals surface area (Å²) < 4.78 is 0. The monoisotopic (exact) mass is 224 g/mol. The number of hydrogen-bond acceptors (Lipinski definition) is 2. The number of hydrogen-bond donors (Lipinski definition) is 2. The van der Waals surface area contributed by atoms with Crippen molar-refractivity contribution in [2.24, 2.45) is 11.7 Å². The molecule has 1 fully saturated rings. The molecular formula is C12H17ClN2. The second-order valence-corrected chi connectivity index (χ2v) is 4.78. The van der Waals surface area contributed by atoms with E-state index in [9.17, 15) is 0 Å². The highest BCUT2D eigenvalue weighted by molar-refractivity contribution is 6.30. The van der Waals surface area contributed by atoms with Gasteiger partial charge in [-0.05, 0) is 42.5 Å². The predicted octanol–water partition coefficient (Wildman–Crippen LogP) is 3.11. The maximum Gasteiger partial charge on any atom is 0.0410 e. The summed E-state index contributed by atoms with van der Waals surface area (Å²) in [6.45, 7) is 0. The third-order valence-corrected chi connectivity index (χ3v) is 3.55. The molecule has 1 atom stereocenters. The second-order valence-electron chi connectivity index (χ2n) is 4.34. The maximum absolute atomic E-state index is 6.23. The van der Waals surface area contributed by atoms with Crippen molar-refractivity contribution < 1.29 is 0 Å². The molecule has 0 unspecified atom stereocenters. The van der Waals surface area contributed by atoms with Crippen molar-refractivity contribution in [1.82, 2.24) is 0 Å². The number of halogens is 1. The van der Waals surface area contributed by atoms with Gasteiger partial charge >= 0.3 is 0 Å². The van der Waals surface area contributed by atoms with E-state index in [2.05, 4.69) is 0 Å². The van der Waals surface area contributed by atoms with Crippen molar-refractivity contribution >= 4 is 17.3 Å². The largest absolute Gasteiger partial charge is 0.398 e. The molecule has 0 bridgehead atoms. The number of nitrogen functional groups attached to an aromatic ring is 1. The quantitative estimate of drug-likeness (QED) is 0.759. The molecule has 1 aliphatic rings. The molecule has 82 valence electrons. The number of rotatable bonds is 2. The first-order valence-electron chi connectivity index (χ1n) is 5.49. The zero-order chi connectivity index (χ0) is 10.8. The Labute approximate surface area is 95.6 Å². The van der Waals surface area contributed by atoms with Gasteiger partial charge in [0, 0.05) is 16.8 Å². The highest BCUT2D eigenvalue weighted by Crippen LogP contribution is 2.36. The van der Waals surface area contributed by atoms with Crippen LogP contribution < -0.4 is 11.5 Å². The molecule has 4 N–H and O–H groups in total. The third-order valence-electron chi connectivity index (χ3n) is 3.32. The summed E-state index contributed by atoms with van der Waals surface area (Å²) in [5.41, 5.74) is 13.9. The molecule has 1 saturated carbocycles. The molecule has 0 radical (unpaired) electrons. The molecule has 0 heterocycles. The Morgan fingerprint density at radius 1 is 1.27 bits per heavy atom. The van der Waals surface area contributed by atoms with Crippen LogP contribution in [0.5, 0.6) is 0 Å². The molecule has 0 amide bonds. The molecule has 1 aromatic carbocycles. The standard InChI is InChI=1S/C12H17ClN2/c13-9-5-6-11(14)10(7-9)12(15)8-3-1-2-4-8/h5-8,12H,1-4,14-15H2/t12-/m1/s1. The van der Waals surface area contributed by atoms with Crippen molar-refractivity contribution in [2.45, 2.75) is 31.7 Å². The predicted molar refractivity (Wildman–Crippen MR) is 64.8 cm³/mol. The molecule has 0 aromatic heterocycles. The Hall–Kier alpha value is -0.730. The zero-order valence-electron chi connectivity index (χ0n) is 8.75. The molecule has 0 saturated heterocycles. The summed E-state index contributed by atoms with van der Waals surface area (Å²) in [4.78, 5) is 0. The van der Waals surface area contributed by atoms with Gasteiger partial charge in [0.2, 0.25) is 0 Å². The Bertz CT molecular complexity index is 345. The lowest BCUT2D eigenvalue weighted by molar-refractivity contribution is 0.446. The van der Waals surface area contributed by atoms with E-state index >= 15 is 0 Å². The van der Waals surface area contributed by atoms with Crippen molar-refractivity contribution in [2.75, 3.05) is 5.73 Å². The van der Waals surface area contributed by atoms with Crippen LogP contribution in [0.4, 0.5) is 5.69 Å². The minimum atomic E-state index is 0.0474. The minimum absolute atomic E-state index is 0.0474. The third kappa shape index (κ3) is 2.27. The van der Waals surface area contributed by atoms with E-state index in [-0.39, 0.29) is 6.04 Å².